The summed E-state index contributed by atoms with van der Waals surface area (Å²) >= 11 is 0. The second-order valence-electron chi connectivity index (χ2n) is 4.87. The van der Waals surface area contributed by atoms with Gasteiger partial charge in [0.15, 0.2) is 0 Å². The molecule has 0 heterocycles. The van der Waals surface area contributed by atoms with Crippen LogP contribution in [-0.2, 0) is 9.59 Å². The van der Waals surface area contributed by atoms with Crippen LogP contribution in [0.4, 0.5) is 4.79 Å². The topological polar surface area (TPSA) is 98.7 Å². The van der Waals surface area contributed by atoms with Crippen molar-refractivity contribution in [2.45, 2.75) is 44.7 Å². The molecule has 1 unspecified atom stereocenters. The Labute approximate surface area is 112 Å². The molecule has 3 amide bonds. The van der Waals surface area contributed by atoms with E-state index < -0.39 is 12.0 Å². The van der Waals surface area contributed by atoms with Gasteiger partial charge in [0, 0.05) is 26.1 Å². The van der Waals surface area contributed by atoms with Crippen LogP contribution >= 0.6 is 0 Å². The van der Waals surface area contributed by atoms with Gasteiger partial charge in [-0.2, -0.15) is 0 Å². The smallest absolute Gasteiger partial charge is 0.317 e. The number of carbonyl (C=O) groups is 3. The maximum atomic E-state index is 11.7. The summed E-state index contributed by atoms with van der Waals surface area (Å²) in [5.41, 5.74) is 0. The van der Waals surface area contributed by atoms with E-state index in [1.165, 1.54) is 4.90 Å². The molecule has 1 atom stereocenters. The highest BCUT2D eigenvalue weighted by Gasteiger charge is 2.26. The molecule has 1 aliphatic carbocycles. The fraction of sp³-hybridized carbons (Fsp3) is 0.750. The molecule has 0 aromatic heterocycles. The predicted molar refractivity (Wildman–Crippen MR) is 68.7 cm³/mol. The first-order chi connectivity index (χ1) is 8.90. The second-order valence-corrected chi connectivity index (χ2v) is 4.87. The number of rotatable bonds is 7. The Morgan fingerprint density at radius 1 is 1.37 bits per heavy atom. The van der Waals surface area contributed by atoms with E-state index >= 15 is 0 Å². The van der Waals surface area contributed by atoms with Crippen LogP contribution in [-0.4, -0.2) is 53.6 Å². The number of nitrogens with zero attached hydrogens (tertiary/aromatic N) is 1. The number of carboxylic acids is 1. The molecule has 0 aliphatic heterocycles. The van der Waals surface area contributed by atoms with Gasteiger partial charge in [0.25, 0.3) is 0 Å². The Morgan fingerprint density at radius 2 is 2.00 bits per heavy atom. The van der Waals surface area contributed by atoms with E-state index in [1.807, 2.05) is 0 Å². The summed E-state index contributed by atoms with van der Waals surface area (Å²) in [6.45, 7) is 1.97. The van der Waals surface area contributed by atoms with Gasteiger partial charge in [0.05, 0.1) is 0 Å². The van der Waals surface area contributed by atoms with Gasteiger partial charge in [-0.15, -0.1) is 0 Å². The lowest BCUT2D eigenvalue weighted by Crippen LogP contribution is -2.49. The van der Waals surface area contributed by atoms with E-state index in [2.05, 4.69) is 10.6 Å². The fourth-order valence-corrected chi connectivity index (χ4v) is 1.48. The Morgan fingerprint density at radius 3 is 2.53 bits per heavy atom. The molecular formula is C12H21N3O4. The van der Waals surface area contributed by atoms with Crippen LogP contribution in [0.2, 0.25) is 0 Å². The first-order valence-electron chi connectivity index (χ1n) is 6.44. The van der Waals surface area contributed by atoms with Gasteiger partial charge in [-0.05, 0) is 26.2 Å². The second kappa shape index (κ2) is 6.96. The maximum Gasteiger partial charge on any atom is 0.317 e. The van der Waals surface area contributed by atoms with Crippen molar-refractivity contribution >= 4 is 17.9 Å². The Balaban J connectivity index is 2.23. The molecule has 1 rings (SSSR count). The van der Waals surface area contributed by atoms with Crippen molar-refractivity contribution in [2.24, 2.45) is 0 Å². The van der Waals surface area contributed by atoms with E-state index in [9.17, 15) is 14.4 Å². The van der Waals surface area contributed by atoms with Gasteiger partial charge >= 0.3 is 12.0 Å². The highest BCUT2D eigenvalue weighted by atomic mass is 16.4. The largest absolute Gasteiger partial charge is 0.481 e. The third-order valence-corrected chi connectivity index (χ3v) is 2.89. The van der Waals surface area contributed by atoms with Crippen molar-refractivity contribution in [1.29, 1.82) is 0 Å². The number of nitrogens with one attached hydrogen (secondary N) is 2. The van der Waals surface area contributed by atoms with Crippen molar-refractivity contribution in [3.05, 3.63) is 0 Å². The molecule has 7 heteroatoms. The zero-order valence-corrected chi connectivity index (χ0v) is 11.3. The van der Waals surface area contributed by atoms with E-state index in [0.717, 1.165) is 12.8 Å². The third kappa shape index (κ3) is 6.08. The minimum atomic E-state index is -0.883. The zero-order valence-electron chi connectivity index (χ0n) is 11.3. The average Bonchev–Trinajstić information content (AvgIpc) is 3.11. The van der Waals surface area contributed by atoms with Gasteiger partial charge in [0.2, 0.25) is 5.91 Å². The van der Waals surface area contributed by atoms with E-state index in [0.29, 0.717) is 13.0 Å². The summed E-state index contributed by atoms with van der Waals surface area (Å²) in [5, 5.41) is 13.9. The summed E-state index contributed by atoms with van der Waals surface area (Å²) in [5.74, 6) is -1.07. The van der Waals surface area contributed by atoms with Crippen molar-refractivity contribution in [3.8, 4) is 0 Å². The Hall–Kier alpha value is -1.79. The molecule has 7 nitrogen and oxygen atoms in total. The molecule has 0 radical (unpaired) electrons. The normalized spacial score (nSPS) is 15.5. The molecule has 3 N–H and O–H groups in total. The lowest BCUT2D eigenvalue weighted by Gasteiger charge is -2.20. The van der Waals surface area contributed by atoms with Gasteiger partial charge < -0.3 is 20.6 Å². The molecule has 0 saturated heterocycles. The van der Waals surface area contributed by atoms with Crippen molar-refractivity contribution in [3.63, 3.8) is 0 Å². The minimum absolute atomic E-state index is 0.0232. The third-order valence-electron chi connectivity index (χ3n) is 2.89. The number of hydrogen-bond donors (Lipinski definition) is 3. The summed E-state index contributed by atoms with van der Waals surface area (Å²) in [4.78, 5) is 35.1. The standard InChI is InChI=1S/C12H21N3O4/c1-8(11(18)14-9-5-6-9)13-12(19)15(2)7-3-4-10(16)17/h8-9H,3-7H2,1-2H3,(H,13,19)(H,14,18)(H,16,17). The number of hydrogen-bond acceptors (Lipinski definition) is 3. The summed E-state index contributed by atoms with van der Waals surface area (Å²) in [6, 6.07) is -0.695. The SMILES string of the molecule is CC(NC(=O)N(C)CCCC(=O)O)C(=O)NC1CC1. The van der Waals surface area contributed by atoms with Crippen LogP contribution in [0.1, 0.15) is 32.6 Å². The fourth-order valence-electron chi connectivity index (χ4n) is 1.48. The van der Waals surface area contributed by atoms with E-state index in [4.69, 9.17) is 5.11 Å². The van der Waals surface area contributed by atoms with Crippen LogP contribution in [0, 0.1) is 0 Å². The van der Waals surface area contributed by atoms with Crippen LogP contribution in [0.3, 0.4) is 0 Å². The number of carbonyl (C=O) groups excluding carboxylic acids is 2. The molecule has 1 fully saturated rings. The van der Waals surface area contributed by atoms with Gasteiger partial charge in [-0.25, -0.2) is 4.79 Å². The number of carboxylic acid groups (broad SMARTS) is 1. The Kier molecular flexibility index (Phi) is 5.59. The number of amides is 3. The molecule has 0 spiro atoms. The lowest BCUT2D eigenvalue weighted by atomic mass is 10.3. The van der Waals surface area contributed by atoms with E-state index in [1.54, 1.807) is 14.0 Å². The highest BCUT2D eigenvalue weighted by Crippen LogP contribution is 2.18. The van der Waals surface area contributed by atoms with Crippen LogP contribution in [0.15, 0.2) is 0 Å². The molecule has 108 valence electrons. The van der Waals surface area contributed by atoms with Crippen LogP contribution in [0.5, 0.6) is 0 Å². The number of urea groups is 1. The predicted octanol–water partition coefficient (Wildman–Crippen LogP) is 0.160. The minimum Gasteiger partial charge on any atom is -0.481 e. The molecule has 1 aliphatic rings. The Bertz CT molecular complexity index is 355. The average molecular weight is 271 g/mol. The van der Waals surface area contributed by atoms with Gasteiger partial charge in [-0.3, -0.25) is 9.59 Å². The molecule has 19 heavy (non-hydrogen) atoms. The lowest BCUT2D eigenvalue weighted by molar-refractivity contribution is -0.137. The highest BCUT2D eigenvalue weighted by molar-refractivity contribution is 5.86. The molecular weight excluding hydrogens is 250 g/mol. The first-order valence-corrected chi connectivity index (χ1v) is 6.44. The summed E-state index contributed by atoms with van der Waals surface area (Å²) < 4.78 is 0. The van der Waals surface area contributed by atoms with Crippen molar-refractivity contribution in [1.82, 2.24) is 15.5 Å². The van der Waals surface area contributed by atoms with Crippen molar-refractivity contribution in [2.75, 3.05) is 13.6 Å². The van der Waals surface area contributed by atoms with Gasteiger partial charge in [-0.1, -0.05) is 0 Å². The van der Waals surface area contributed by atoms with E-state index in [-0.39, 0.29) is 24.4 Å². The quantitative estimate of drug-likeness (QED) is 0.614. The molecule has 0 aromatic rings. The maximum absolute atomic E-state index is 11.7. The monoisotopic (exact) mass is 271 g/mol. The van der Waals surface area contributed by atoms with Crippen LogP contribution < -0.4 is 10.6 Å². The van der Waals surface area contributed by atoms with Crippen LogP contribution in [0.25, 0.3) is 0 Å². The van der Waals surface area contributed by atoms with Crippen molar-refractivity contribution < 1.29 is 19.5 Å². The number of aliphatic carboxylic acids is 1. The summed E-state index contributed by atoms with van der Waals surface area (Å²) in [6.07, 6.45) is 2.42. The molecule has 0 aromatic carbocycles. The first kappa shape index (κ1) is 15.3. The zero-order chi connectivity index (χ0) is 14.4. The molecule has 0 bridgehead atoms. The molecule has 1 saturated carbocycles. The summed E-state index contributed by atoms with van der Waals surface area (Å²) in [7, 11) is 1.57. The van der Waals surface area contributed by atoms with Gasteiger partial charge in [0.1, 0.15) is 6.04 Å².